The van der Waals surface area contributed by atoms with Crippen LogP contribution in [0.4, 0.5) is 0 Å². The average molecular weight is 315 g/mol. The lowest BCUT2D eigenvalue weighted by Crippen LogP contribution is -2.35. The molecule has 0 aliphatic heterocycles. The summed E-state index contributed by atoms with van der Waals surface area (Å²) in [5.74, 6) is 0. The van der Waals surface area contributed by atoms with E-state index in [1.165, 1.54) is 6.07 Å². The molecule has 20 heavy (non-hydrogen) atoms. The zero-order valence-corrected chi connectivity index (χ0v) is 13.4. The quantitative estimate of drug-likeness (QED) is 0.698. The van der Waals surface area contributed by atoms with E-state index in [-0.39, 0.29) is 9.88 Å². The third-order valence-electron chi connectivity index (χ3n) is 3.06. The Bertz CT molecular complexity index is 554. The fraction of sp³-hybridized carbons (Fsp3) is 0.462. The Hall–Kier alpha value is -1.02. The molecule has 0 heterocycles. The van der Waals surface area contributed by atoms with E-state index in [1.54, 1.807) is 18.2 Å². The van der Waals surface area contributed by atoms with Gasteiger partial charge in [0.25, 0.3) is 0 Å². The molecule has 5 nitrogen and oxygen atoms in total. The van der Waals surface area contributed by atoms with E-state index < -0.39 is 10.0 Å². The van der Waals surface area contributed by atoms with E-state index in [2.05, 4.69) is 9.62 Å². The number of benzene rings is 1. The summed E-state index contributed by atoms with van der Waals surface area (Å²) in [6.45, 7) is 6.89. The van der Waals surface area contributed by atoms with Crippen molar-refractivity contribution < 1.29 is 8.42 Å². The molecule has 0 bridgehead atoms. The van der Waals surface area contributed by atoms with Crippen LogP contribution in [0, 0.1) is 0 Å². The molecule has 0 spiro atoms. The normalized spacial score (nSPS) is 11.8. The van der Waals surface area contributed by atoms with Crippen molar-refractivity contribution in [1.29, 1.82) is 0 Å². The molecule has 0 aliphatic carbocycles. The Balaban J connectivity index is 2.82. The Labute approximate surface area is 126 Å². The van der Waals surface area contributed by atoms with Gasteiger partial charge in [0.05, 0.1) is 4.90 Å². The molecule has 1 aromatic carbocycles. The number of nitrogens with one attached hydrogen (secondary N) is 1. The molecule has 0 unspecified atom stereocenters. The highest BCUT2D eigenvalue weighted by Crippen LogP contribution is 2.14. The minimum absolute atomic E-state index is 0.0784. The van der Waals surface area contributed by atoms with E-state index in [1.807, 2.05) is 13.8 Å². The predicted molar refractivity (Wildman–Crippen MR) is 85.3 cm³/mol. The number of sulfonamides is 1. The molecule has 1 rings (SSSR count). The monoisotopic (exact) mass is 315 g/mol. The second-order valence-electron chi connectivity index (χ2n) is 4.29. The third-order valence-corrected chi connectivity index (χ3v) is 4.80. The summed E-state index contributed by atoms with van der Waals surface area (Å²) in [5.41, 5.74) is 5.94. The van der Waals surface area contributed by atoms with Gasteiger partial charge in [-0.1, -0.05) is 44.3 Å². The first-order chi connectivity index (χ1) is 9.42. The van der Waals surface area contributed by atoms with Gasteiger partial charge in [-0.3, -0.25) is 0 Å². The predicted octanol–water partition coefficient (Wildman–Crippen LogP) is 0.941. The van der Waals surface area contributed by atoms with Gasteiger partial charge in [0.2, 0.25) is 10.0 Å². The number of thiocarbonyl (C=S) groups is 1. The van der Waals surface area contributed by atoms with Gasteiger partial charge in [-0.05, 0) is 19.2 Å². The summed E-state index contributed by atoms with van der Waals surface area (Å²) in [6, 6.07) is 6.49. The Morgan fingerprint density at radius 3 is 2.45 bits per heavy atom. The molecule has 0 amide bonds. The molecule has 0 aliphatic rings. The van der Waals surface area contributed by atoms with Crippen molar-refractivity contribution in [1.82, 2.24) is 9.62 Å². The van der Waals surface area contributed by atoms with Crippen LogP contribution in [0.15, 0.2) is 29.2 Å². The van der Waals surface area contributed by atoms with Crippen molar-refractivity contribution in [2.75, 3.05) is 26.2 Å². The number of rotatable bonds is 8. The molecule has 0 saturated heterocycles. The maximum atomic E-state index is 12.3. The molecule has 3 N–H and O–H groups in total. The van der Waals surface area contributed by atoms with E-state index in [9.17, 15) is 8.42 Å². The lowest BCUT2D eigenvalue weighted by atomic mass is 10.2. The van der Waals surface area contributed by atoms with Gasteiger partial charge in [0, 0.05) is 18.7 Å². The zero-order chi connectivity index (χ0) is 15.2. The summed E-state index contributed by atoms with van der Waals surface area (Å²) in [7, 11) is -3.59. The van der Waals surface area contributed by atoms with Crippen molar-refractivity contribution in [2.24, 2.45) is 5.73 Å². The van der Waals surface area contributed by atoms with Crippen molar-refractivity contribution in [3.8, 4) is 0 Å². The van der Waals surface area contributed by atoms with Crippen LogP contribution in [0.1, 0.15) is 19.4 Å². The highest BCUT2D eigenvalue weighted by atomic mass is 32.2. The average Bonchev–Trinajstić information content (AvgIpc) is 2.43. The Morgan fingerprint density at radius 1 is 1.30 bits per heavy atom. The van der Waals surface area contributed by atoms with E-state index in [4.69, 9.17) is 18.0 Å². The first-order valence-electron chi connectivity index (χ1n) is 6.53. The lowest BCUT2D eigenvalue weighted by molar-refractivity contribution is 0.309. The summed E-state index contributed by atoms with van der Waals surface area (Å²) in [6.07, 6.45) is 0. The highest BCUT2D eigenvalue weighted by molar-refractivity contribution is 7.89. The first-order valence-corrected chi connectivity index (χ1v) is 8.42. The number of likely N-dealkylation sites (N-methyl/N-ethyl adjacent to an activating group) is 1. The van der Waals surface area contributed by atoms with Crippen LogP contribution >= 0.6 is 12.2 Å². The number of hydrogen-bond donors (Lipinski definition) is 2. The standard InChI is InChI=1S/C13H21N3O2S2/c1-3-16(4-2)10-9-15-20(17,18)12-8-6-5-7-11(12)13(14)19/h5-8,15H,3-4,9-10H2,1-2H3,(H2,14,19). The van der Waals surface area contributed by atoms with Crippen LogP contribution < -0.4 is 10.5 Å². The topological polar surface area (TPSA) is 75.4 Å². The minimum Gasteiger partial charge on any atom is -0.389 e. The van der Waals surface area contributed by atoms with Crippen molar-refractivity contribution in [3.63, 3.8) is 0 Å². The molecule has 0 radical (unpaired) electrons. The second kappa shape index (κ2) is 7.68. The summed E-state index contributed by atoms with van der Waals surface area (Å²) < 4.78 is 27.1. The largest absolute Gasteiger partial charge is 0.389 e. The smallest absolute Gasteiger partial charge is 0.241 e. The molecule has 7 heteroatoms. The fourth-order valence-corrected chi connectivity index (χ4v) is 3.34. The van der Waals surface area contributed by atoms with Crippen LogP contribution in [-0.4, -0.2) is 44.5 Å². The van der Waals surface area contributed by atoms with Crippen LogP contribution in [0.3, 0.4) is 0 Å². The second-order valence-corrected chi connectivity index (χ2v) is 6.46. The Morgan fingerprint density at radius 2 is 1.90 bits per heavy atom. The minimum atomic E-state index is -3.59. The maximum absolute atomic E-state index is 12.3. The molecule has 0 atom stereocenters. The van der Waals surface area contributed by atoms with Crippen LogP contribution in [0.25, 0.3) is 0 Å². The van der Waals surface area contributed by atoms with Gasteiger partial charge in [0.1, 0.15) is 4.99 Å². The number of nitrogens with zero attached hydrogens (tertiary/aromatic N) is 1. The molecule has 0 saturated carbocycles. The Kier molecular flexibility index (Phi) is 6.54. The zero-order valence-electron chi connectivity index (χ0n) is 11.8. The van der Waals surface area contributed by atoms with Gasteiger partial charge in [-0.2, -0.15) is 0 Å². The first kappa shape index (κ1) is 17.0. The van der Waals surface area contributed by atoms with Gasteiger partial charge in [-0.15, -0.1) is 0 Å². The third kappa shape index (κ3) is 4.52. The number of hydrogen-bond acceptors (Lipinski definition) is 4. The molecule has 0 fully saturated rings. The molecule has 0 aromatic heterocycles. The van der Waals surface area contributed by atoms with Gasteiger partial charge in [0.15, 0.2) is 0 Å². The van der Waals surface area contributed by atoms with E-state index >= 15 is 0 Å². The van der Waals surface area contributed by atoms with Gasteiger partial charge >= 0.3 is 0 Å². The van der Waals surface area contributed by atoms with Crippen molar-refractivity contribution in [2.45, 2.75) is 18.7 Å². The molecule has 1 aromatic rings. The molecular formula is C13H21N3O2S2. The van der Waals surface area contributed by atoms with Gasteiger partial charge in [-0.25, -0.2) is 13.1 Å². The van der Waals surface area contributed by atoms with Crippen molar-refractivity contribution in [3.05, 3.63) is 29.8 Å². The van der Waals surface area contributed by atoms with Crippen molar-refractivity contribution >= 4 is 27.2 Å². The van der Waals surface area contributed by atoms with Crippen LogP contribution in [-0.2, 0) is 10.0 Å². The lowest BCUT2D eigenvalue weighted by Gasteiger charge is -2.18. The highest BCUT2D eigenvalue weighted by Gasteiger charge is 2.18. The fourth-order valence-electron chi connectivity index (χ4n) is 1.86. The van der Waals surface area contributed by atoms with Gasteiger partial charge < -0.3 is 10.6 Å². The number of nitrogens with two attached hydrogens (primary N) is 1. The molecular weight excluding hydrogens is 294 g/mol. The van der Waals surface area contributed by atoms with E-state index in [0.717, 1.165) is 13.1 Å². The van der Waals surface area contributed by atoms with Crippen LogP contribution in [0.5, 0.6) is 0 Å². The molecule has 112 valence electrons. The summed E-state index contributed by atoms with van der Waals surface area (Å²) in [5, 5.41) is 0. The van der Waals surface area contributed by atoms with Crippen LogP contribution in [0.2, 0.25) is 0 Å². The SMILES string of the molecule is CCN(CC)CCNS(=O)(=O)c1ccccc1C(N)=S. The maximum Gasteiger partial charge on any atom is 0.241 e. The summed E-state index contributed by atoms with van der Waals surface area (Å²) >= 11 is 4.89. The summed E-state index contributed by atoms with van der Waals surface area (Å²) in [4.78, 5) is 2.35. The van der Waals surface area contributed by atoms with E-state index in [0.29, 0.717) is 18.7 Å².